The normalized spacial score (nSPS) is 16.2. The Hall–Kier alpha value is -3.35. The second kappa shape index (κ2) is 7.72. The third-order valence-corrected chi connectivity index (χ3v) is 4.86. The van der Waals surface area contributed by atoms with Crippen LogP contribution in [0, 0.1) is 19.8 Å². The summed E-state index contributed by atoms with van der Waals surface area (Å²) in [6, 6.07) is 10.3. The molecule has 1 fully saturated rings. The average Bonchev–Trinajstić information content (AvgIpc) is 3.04. The molecule has 0 spiro atoms. The number of aryl methyl sites for hydroxylation is 2. The molecule has 1 heterocycles. The van der Waals surface area contributed by atoms with Crippen molar-refractivity contribution >= 4 is 29.2 Å². The first-order chi connectivity index (χ1) is 13.3. The molecule has 0 aliphatic carbocycles. The summed E-state index contributed by atoms with van der Waals surface area (Å²) in [5.41, 5.74) is 2.77. The standard InChI is InChI=1S/C21H22N2O5/c1-12-4-7-18(28-3)17(8-12)23-11-14(9-19(23)24)20(25)22-15-6-5-13(2)16(10-15)21(26)27/h4-8,10,14H,9,11H2,1-3H3,(H,22,25)(H,26,27). The molecular formula is C21H22N2O5. The molecule has 1 saturated heterocycles. The zero-order chi connectivity index (χ0) is 20.4. The maximum atomic E-state index is 12.7. The summed E-state index contributed by atoms with van der Waals surface area (Å²) >= 11 is 0. The predicted octanol–water partition coefficient (Wildman–Crippen LogP) is 3.00. The SMILES string of the molecule is COc1ccc(C)cc1N1CC(C(=O)Nc2ccc(C)c(C(=O)O)c2)CC1=O. The summed E-state index contributed by atoms with van der Waals surface area (Å²) in [6.07, 6.45) is 0.0839. The smallest absolute Gasteiger partial charge is 0.336 e. The molecule has 1 unspecified atom stereocenters. The Kier molecular flexibility index (Phi) is 5.35. The van der Waals surface area contributed by atoms with Gasteiger partial charge < -0.3 is 20.1 Å². The second-order valence-electron chi connectivity index (χ2n) is 6.90. The summed E-state index contributed by atoms with van der Waals surface area (Å²) < 4.78 is 5.35. The number of methoxy groups -OCH3 is 1. The molecule has 3 rings (SSSR count). The fourth-order valence-electron chi connectivity index (χ4n) is 3.30. The van der Waals surface area contributed by atoms with Crippen molar-refractivity contribution in [3.63, 3.8) is 0 Å². The number of benzene rings is 2. The zero-order valence-electron chi connectivity index (χ0n) is 16.0. The maximum absolute atomic E-state index is 12.7. The van der Waals surface area contributed by atoms with E-state index in [0.29, 0.717) is 22.7 Å². The van der Waals surface area contributed by atoms with Crippen LogP contribution in [-0.4, -0.2) is 36.5 Å². The highest BCUT2D eigenvalue weighted by Gasteiger charge is 2.36. The van der Waals surface area contributed by atoms with Crippen molar-refractivity contribution in [2.45, 2.75) is 20.3 Å². The third-order valence-electron chi connectivity index (χ3n) is 4.86. The molecule has 1 atom stereocenters. The van der Waals surface area contributed by atoms with Crippen molar-refractivity contribution < 1.29 is 24.2 Å². The van der Waals surface area contributed by atoms with Gasteiger partial charge in [0.25, 0.3) is 0 Å². The minimum Gasteiger partial charge on any atom is -0.495 e. The van der Waals surface area contributed by atoms with Gasteiger partial charge in [0.05, 0.1) is 24.3 Å². The molecule has 2 amide bonds. The number of hydrogen-bond donors (Lipinski definition) is 2. The lowest BCUT2D eigenvalue weighted by Gasteiger charge is -2.20. The van der Waals surface area contributed by atoms with Gasteiger partial charge in [0.2, 0.25) is 11.8 Å². The van der Waals surface area contributed by atoms with E-state index in [1.54, 1.807) is 30.0 Å². The van der Waals surface area contributed by atoms with Crippen molar-refractivity contribution in [3.8, 4) is 5.75 Å². The highest BCUT2D eigenvalue weighted by Crippen LogP contribution is 2.34. The van der Waals surface area contributed by atoms with Crippen molar-refractivity contribution in [2.75, 3.05) is 23.9 Å². The van der Waals surface area contributed by atoms with Crippen LogP contribution in [0.15, 0.2) is 36.4 Å². The van der Waals surface area contributed by atoms with Gasteiger partial charge in [0.1, 0.15) is 5.75 Å². The number of ether oxygens (including phenoxy) is 1. The number of carbonyl (C=O) groups is 3. The van der Waals surface area contributed by atoms with Gasteiger partial charge >= 0.3 is 5.97 Å². The van der Waals surface area contributed by atoms with Crippen LogP contribution in [0.1, 0.15) is 27.9 Å². The lowest BCUT2D eigenvalue weighted by Crippen LogP contribution is -2.28. The number of amides is 2. The van der Waals surface area contributed by atoms with Gasteiger partial charge in [-0.1, -0.05) is 12.1 Å². The number of carboxylic acids is 1. The molecule has 0 bridgehead atoms. The second-order valence-corrected chi connectivity index (χ2v) is 6.90. The number of hydrogen-bond acceptors (Lipinski definition) is 4. The van der Waals surface area contributed by atoms with Gasteiger partial charge in [0, 0.05) is 18.7 Å². The summed E-state index contributed by atoms with van der Waals surface area (Å²) in [4.78, 5) is 38.0. The van der Waals surface area contributed by atoms with Crippen molar-refractivity contribution in [2.24, 2.45) is 5.92 Å². The molecule has 7 heteroatoms. The number of rotatable bonds is 5. The highest BCUT2D eigenvalue weighted by atomic mass is 16.5. The number of anilines is 2. The Morgan fingerprint density at radius 2 is 1.93 bits per heavy atom. The Bertz CT molecular complexity index is 954. The molecule has 2 N–H and O–H groups in total. The maximum Gasteiger partial charge on any atom is 0.336 e. The van der Waals surface area contributed by atoms with E-state index in [-0.39, 0.29) is 30.3 Å². The fraction of sp³-hybridized carbons (Fsp3) is 0.286. The minimum absolute atomic E-state index is 0.0839. The van der Waals surface area contributed by atoms with E-state index in [1.807, 2.05) is 19.1 Å². The van der Waals surface area contributed by atoms with Gasteiger partial charge in [-0.15, -0.1) is 0 Å². The predicted molar refractivity (Wildman–Crippen MR) is 105 cm³/mol. The third kappa shape index (κ3) is 3.83. The Balaban J connectivity index is 1.77. The van der Waals surface area contributed by atoms with Crippen molar-refractivity contribution in [1.82, 2.24) is 0 Å². The van der Waals surface area contributed by atoms with Gasteiger partial charge in [-0.2, -0.15) is 0 Å². The van der Waals surface area contributed by atoms with E-state index in [9.17, 15) is 19.5 Å². The topological polar surface area (TPSA) is 95.9 Å². The van der Waals surface area contributed by atoms with E-state index in [4.69, 9.17) is 4.74 Å². The van der Waals surface area contributed by atoms with Crippen LogP contribution in [0.4, 0.5) is 11.4 Å². The van der Waals surface area contributed by atoms with Crippen LogP contribution in [0.25, 0.3) is 0 Å². The molecule has 7 nitrogen and oxygen atoms in total. The largest absolute Gasteiger partial charge is 0.495 e. The summed E-state index contributed by atoms with van der Waals surface area (Å²) in [7, 11) is 1.54. The van der Waals surface area contributed by atoms with Crippen LogP contribution in [0.5, 0.6) is 5.75 Å². The number of carboxylic acid groups (broad SMARTS) is 1. The first-order valence-corrected chi connectivity index (χ1v) is 8.90. The molecular weight excluding hydrogens is 360 g/mol. The Labute approximate surface area is 162 Å². The summed E-state index contributed by atoms with van der Waals surface area (Å²) in [5, 5.41) is 12.0. The molecule has 0 saturated carbocycles. The van der Waals surface area contributed by atoms with E-state index in [0.717, 1.165) is 5.56 Å². The van der Waals surface area contributed by atoms with E-state index < -0.39 is 11.9 Å². The quantitative estimate of drug-likeness (QED) is 0.829. The molecule has 1 aliphatic rings. The minimum atomic E-state index is -1.05. The van der Waals surface area contributed by atoms with Crippen molar-refractivity contribution in [1.29, 1.82) is 0 Å². The van der Waals surface area contributed by atoms with Crippen LogP contribution in [0.3, 0.4) is 0 Å². The van der Waals surface area contributed by atoms with Gasteiger partial charge in [-0.3, -0.25) is 9.59 Å². The Morgan fingerprint density at radius 1 is 1.18 bits per heavy atom. The summed E-state index contributed by atoms with van der Waals surface area (Å²) in [6.45, 7) is 3.85. The lowest BCUT2D eigenvalue weighted by atomic mass is 10.1. The van der Waals surface area contributed by atoms with Gasteiger partial charge in [-0.05, 0) is 49.2 Å². The number of nitrogens with zero attached hydrogens (tertiary/aromatic N) is 1. The van der Waals surface area contributed by atoms with Crippen LogP contribution in [0.2, 0.25) is 0 Å². The van der Waals surface area contributed by atoms with Crippen LogP contribution in [-0.2, 0) is 9.59 Å². The first-order valence-electron chi connectivity index (χ1n) is 8.90. The average molecular weight is 382 g/mol. The number of carbonyl (C=O) groups excluding carboxylic acids is 2. The number of nitrogens with one attached hydrogen (secondary N) is 1. The van der Waals surface area contributed by atoms with Crippen LogP contribution < -0.4 is 15.0 Å². The highest BCUT2D eigenvalue weighted by molar-refractivity contribution is 6.04. The fourth-order valence-corrected chi connectivity index (χ4v) is 3.30. The van der Waals surface area contributed by atoms with Gasteiger partial charge in [-0.25, -0.2) is 4.79 Å². The van der Waals surface area contributed by atoms with E-state index >= 15 is 0 Å². The molecule has 0 radical (unpaired) electrons. The first kappa shape index (κ1) is 19.4. The molecule has 2 aromatic carbocycles. The van der Waals surface area contributed by atoms with E-state index in [2.05, 4.69) is 5.32 Å². The Morgan fingerprint density at radius 3 is 2.61 bits per heavy atom. The van der Waals surface area contributed by atoms with Gasteiger partial charge in [0.15, 0.2) is 0 Å². The van der Waals surface area contributed by atoms with E-state index in [1.165, 1.54) is 13.2 Å². The van der Waals surface area contributed by atoms with Crippen molar-refractivity contribution in [3.05, 3.63) is 53.1 Å². The molecule has 146 valence electrons. The lowest BCUT2D eigenvalue weighted by molar-refractivity contribution is -0.122. The molecule has 1 aliphatic heterocycles. The molecule has 2 aromatic rings. The summed E-state index contributed by atoms with van der Waals surface area (Å²) in [5.74, 6) is -1.49. The van der Waals surface area contributed by atoms with Crippen LogP contribution >= 0.6 is 0 Å². The molecule has 0 aromatic heterocycles. The zero-order valence-corrected chi connectivity index (χ0v) is 16.0. The number of aromatic carboxylic acids is 1. The monoisotopic (exact) mass is 382 g/mol. The molecule has 28 heavy (non-hydrogen) atoms.